The summed E-state index contributed by atoms with van der Waals surface area (Å²) in [6, 6.07) is 32.2. The van der Waals surface area contributed by atoms with Crippen LogP contribution in [-0.4, -0.2) is 74.2 Å². The van der Waals surface area contributed by atoms with E-state index in [4.69, 9.17) is 0 Å². The predicted octanol–water partition coefficient (Wildman–Crippen LogP) is 6.84. The van der Waals surface area contributed by atoms with Crippen LogP contribution < -0.4 is 25.8 Å². The Kier molecular flexibility index (Phi) is 18.4. The smallest absolute Gasteiger partial charge is 0.227 e. The van der Waals surface area contributed by atoms with Crippen LogP contribution in [0, 0.1) is 11.8 Å². The SMILES string of the molecule is O=CNCCCN(CCCNC(=O)CCCCC(=O)N1Cc2ccccc2C#Cc2ccccc21)CCCNC(=O)CCCCC(=O)N1Cc2ccccc2CCc2ccccc21. The Morgan fingerprint density at radius 2 is 0.968 bits per heavy atom. The molecule has 63 heavy (non-hydrogen) atoms. The number of unbranched alkanes of at least 4 members (excludes halogenated alkanes) is 2. The Balaban J connectivity index is 0.848. The number of nitrogens with one attached hydrogen (secondary N) is 3. The van der Waals surface area contributed by atoms with E-state index in [2.05, 4.69) is 57.0 Å². The van der Waals surface area contributed by atoms with Crippen molar-refractivity contribution in [2.24, 2.45) is 0 Å². The molecule has 2 aliphatic rings. The quantitative estimate of drug-likeness (QED) is 0.0426. The van der Waals surface area contributed by atoms with Crippen LogP contribution in [0.15, 0.2) is 97.1 Å². The van der Waals surface area contributed by atoms with Crippen LogP contribution in [0.1, 0.15) is 104 Å². The molecule has 3 N–H and O–H groups in total. The molecule has 0 atom stereocenters. The minimum atomic E-state index is -0.0227. The number of nitrogens with zero attached hydrogens (tertiary/aromatic N) is 3. The number of carbonyl (C=O) groups excluding carboxylic acids is 5. The second-order valence-corrected chi connectivity index (χ2v) is 16.4. The third-order valence-corrected chi connectivity index (χ3v) is 11.8. The number of hydrogen-bond acceptors (Lipinski definition) is 6. The standard InChI is InChI=1S/C52H62N6O5/c59-40-53-32-13-35-56(36-14-33-54-49(60)24-9-11-26-51(62)57-38-45-20-3-1-16-41(45)28-30-43-18-5-7-22-47(43)57)37-15-34-55-50(61)25-10-12-27-52(63)58-39-46-21-4-2-17-42(46)29-31-44-19-6-8-23-48(44)58/h1-8,16-23,40H,9-15,24-28,30,32-39H2,(H,53,59)(H,54,60)(H,55,61). The molecule has 0 radical (unpaired) electrons. The van der Waals surface area contributed by atoms with Crippen molar-refractivity contribution < 1.29 is 24.0 Å². The van der Waals surface area contributed by atoms with Gasteiger partial charge in [-0.3, -0.25) is 24.0 Å². The molecule has 0 aliphatic carbocycles. The van der Waals surface area contributed by atoms with Crippen molar-refractivity contribution in [2.45, 2.75) is 96.6 Å². The zero-order valence-corrected chi connectivity index (χ0v) is 36.5. The Hall–Kier alpha value is -6.25. The van der Waals surface area contributed by atoms with E-state index in [1.54, 1.807) is 0 Å². The molecule has 4 aromatic carbocycles. The number of para-hydroxylation sites is 2. The summed E-state index contributed by atoms with van der Waals surface area (Å²) in [5.74, 6) is 6.56. The van der Waals surface area contributed by atoms with Crippen LogP contribution in [0.2, 0.25) is 0 Å². The molecular weight excluding hydrogens is 789 g/mol. The molecule has 0 aromatic heterocycles. The average molecular weight is 851 g/mol. The molecular formula is C52H62N6O5. The fourth-order valence-electron chi connectivity index (χ4n) is 8.33. The highest BCUT2D eigenvalue weighted by Crippen LogP contribution is 2.30. The van der Waals surface area contributed by atoms with Crippen LogP contribution in [-0.2, 0) is 49.9 Å². The summed E-state index contributed by atoms with van der Waals surface area (Å²) in [5.41, 5.74) is 8.23. The van der Waals surface area contributed by atoms with Crippen molar-refractivity contribution in [3.05, 3.63) is 130 Å². The molecule has 2 aliphatic heterocycles. The van der Waals surface area contributed by atoms with Gasteiger partial charge in [-0.15, -0.1) is 0 Å². The lowest BCUT2D eigenvalue weighted by atomic mass is 9.95. The number of amides is 5. The van der Waals surface area contributed by atoms with Gasteiger partial charge in [-0.05, 0) is 124 Å². The molecule has 2 heterocycles. The van der Waals surface area contributed by atoms with Gasteiger partial charge in [0.15, 0.2) is 0 Å². The normalized spacial score (nSPS) is 12.7. The lowest BCUT2D eigenvalue weighted by Crippen LogP contribution is -2.34. The molecule has 5 amide bonds. The molecule has 0 spiro atoms. The average Bonchev–Trinajstić information content (AvgIpc) is 3.29. The highest BCUT2D eigenvalue weighted by atomic mass is 16.2. The van der Waals surface area contributed by atoms with Crippen molar-refractivity contribution >= 4 is 41.4 Å². The highest BCUT2D eigenvalue weighted by molar-refractivity contribution is 5.95. The fourth-order valence-corrected chi connectivity index (χ4v) is 8.33. The van der Waals surface area contributed by atoms with Crippen molar-refractivity contribution in [3.63, 3.8) is 0 Å². The zero-order valence-electron chi connectivity index (χ0n) is 36.5. The number of anilines is 2. The molecule has 0 bridgehead atoms. The number of carbonyl (C=O) groups is 5. The van der Waals surface area contributed by atoms with Crippen molar-refractivity contribution in [2.75, 3.05) is 49.1 Å². The van der Waals surface area contributed by atoms with E-state index in [-0.39, 0.29) is 23.6 Å². The summed E-state index contributed by atoms with van der Waals surface area (Å²) in [6.45, 7) is 5.03. The number of fused-ring (bicyclic) bond motifs is 4. The van der Waals surface area contributed by atoms with Crippen LogP contribution in [0.5, 0.6) is 0 Å². The van der Waals surface area contributed by atoms with E-state index in [9.17, 15) is 24.0 Å². The van der Waals surface area contributed by atoms with Crippen molar-refractivity contribution in [3.8, 4) is 11.8 Å². The Bertz CT molecular complexity index is 2230. The number of benzene rings is 4. The van der Waals surface area contributed by atoms with Gasteiger partial charge in [-0.2, -0.15) is 0 Å². The first-order valence-corrected chi connectivity index (χ1v) is 22.8. The third kappa shape index (κ3) is 14.4. The second-order valence-electron chi connectivity index (χ2n) is 16.4. The highest BCUT2D eigenvalue weighted by Gasteiger charge is 2.23. The van der Waals surface area contributed by atoms with Crippen LogP contribution in [0.3, 0.4) is 0 Å². The van der Waals surface area contributed by atoms with Gasteiger partial charge in [0.25, 0.3) is 0 Å². The van der Waals surface area contributed by atoms with E-state index in [0.29, 0.717) is 90.5 Å². The van der Waals surface area contributed by atoms with Gasteiger partial charge < -0.3 is 30.7 Å². The third-order valence-electron chi connectivity index (χ3n) is 11.8. The predicted molar refractivity (Wildman–Crippen MR) is 249 cm³/mol. The van der Waals surface area contributed by atoms with Gasteiger partial charge in [-0.25, -0.2) is 0 Å². The van der Waals surface area contributed by atoms with Gasteiger partial charge >= 0.3 is 0 Å². The summed E-state index contributed by atoms with van der Waals surface area (Å²) in [7, 11) is 0. The van der Waals surface area contributed by atoms with Gasteiger partial charge in [0.05, 0.1) is 18.8 Å². The van der Waals surface area contributed by atoms with Gasteiger partial charge in [0.2, 0.25) is 30.0 Å². The molecule has 0 unspecified atom stereocenters. The maximum absolute atomic E-state index is 13.6. The van der Waals surface area contributed by atoms with Crippen LogP contribution in [0.4, 0.5) is 11.4 Å². The van der Waals surface area contributed by atoms with Crippen molar-refractivity contribution in [1.29, 1.82) is 0 Å². The monoisotopic (exact) mass is 850 g/mol. The molecule has 330 valence electrons. The molecule has 0 saturated carbocycles. The largest absolute Gasteiger partial charge is 0.359 e. The molecule has 6 rings (SSSR count). The van der Waals surface area contributed by atoms with E-state index in [0.717, 1.165) is 79.8 Å². The number of hydrogen-bond donors (Lipinski definition) is 3. The summed E-state index contributed by atoms with van der Waals surface area (Å²) in [5, 5.41) is 8.80. The first-order valence-electron chi connectivity index (χ1n) is 22.8. The molecule has 11 nitrogen and oxygen atoms in total. The van der Waals surface area contributed by atoms with E-state index >= 15 is 0 Å². The Morgan fingerprint density at radius 1 is 0.508 bits per heavy atom. The first-order chi connectivity index (χ1) is 30.9. The molecule has 0 fully saturated rings. The van der Waals surface area contributed by atoms with Gasteiger partial charge in [0.1, 0.15) is 0 Å². The summed E-state index contributed by atoms with van der Waals surface area (Å²) in [6.07, 6.45) is 8.88. The van der Waals surface area contributed by atoms with Crippen molar-refractivity contribution in [1.82, 2.24) is 20.9 Å². The number of rotatable bonds is 23. The molecule has 11 heteroatoms. The maximum Gasteiger partial charge on any atom is 0.227 e. The maximum atomic E-state index is 13.6. The minimum Gasteiger partial charge on any atom is -0.359 e. The van der Waals surface area contributed by atoms with Crippen LogP contribution >= 0.6 is 0 Å². The number of aryl methyl sites for hydroxylation is 2. The van der Waals surface area contributed by atoms with E-state index in [1.807, 2.05) is 82.6 Å². The van der Waals surface area contributed by atoms with Gasteiger partial charge in [-0.1, -0.05) is 84.6 Å². The molecule has 4 aromatic rings. The van der Waals surface area contributed by atoms with E-state index < -0.39 is 0 Å². The lowest BCUT2D eigenvalue weighted by Gasteiger charge is -2.29. The first kappa shape index (κ1) is 46.3. The summed E-state index contributed by atoms with van der Waals surface area (Å²) in [4.78, 5) is 69.3. The topological polar surface area (TPSA) is 131 Å². The summed E-state index contributed by atoms with van der Waals surface area (Å²) < 4.78 is 0. The van der Waals surface area contributed by atoms with Gasteiger partial charge in [0, 0.05) is 62.1 Å². The Labute approximate surface area is 373 Å². The zero-order chi connectivity index (χ0) is 44.1. The summed E-state index contributed by atoms with van der Waals surface area (Å²) >= 11 is 0. The fraction of sp³-hybridized carbons (Fsp3) is 0.404. The second kappa shape index (κ2) is 25.0. The molecule has 0 saturated heterocycles. The minimum absolute atomic E-state index is 0.00916. The van der Waals surface area contributed by atoms with E-state index in [1.165, 1.54) is 16.7 Å². The lowest BCUT2D eigenvalue weighted by molar-refractivity contribution is -0.122. The Morgan fingerprint density at radius 3 is 1.62 bits per heavy atom. The van der Waals surface area contributed by atoms with Crippen LogP contribution in [0.25, 0.3) is 0 Å².